The predicted octanol–water partition coefficient (Wildman–Crippen LogP) is 3.84. The van der Waals surface area contributed by atoms with E-state index in [-0.39, 0.29) is 10.5 Å². The number of nitro groups is 1. The van der Waals surface area contributed by atoms with E-state index in [0.29, 0.717) is 4.90 Å². The van der Waals surface area contributed by atoms with Crippen LogP contribution in [0.1, 0.15) is 20.7 Å². The van der Waals surface area contributed by atoms with E-state index >= 15 is 0 Å². The molecule has 0 aliphatic rings. The molecule has 31 heavy (non-hydrogen) atoms. The smallest absolute Gasteiger partial charge is 0.342 e. The number of hydrogen-bond donors (Lipinski definition) is 4. The number of rotatable bonds is 6. The van der Waals surface area contributed by atoms with Crippen LogP contribution in [-0.4, -0.2) is 32.1 Å². The number of pyridine rings is 1. The van der Waals surface area contributed by atoms with Crippen LogP contribution in [-0.2, 0) is 0 Å². The number of carbonyl (C=O) groups is 2. The number of carboxylic acid groups (broad SMARTS) is 2. The molecule has 1 heterocycles. The molecule has 12 heteroatoms. The Morgan fingerprint density at radius 1 is 1.06 bits per heavy atom. The van der Waals surface area contributed by atoms with E-state index in [1.807, 2.05) is 4.98 Å². The van der Waals surface area contributed by atoms with Gasteiger partial charge in [0, 0.05) is 21.0 Å². The number of aromatic carboxylic acids is 2. The minimum atomic E-state index is -1.70. The van der Waals surface area contributed by atoms with Crippen molar-refractivity contribution < 1.29 is 24.7 Å². The van der Waals surface area contributed by atoms with Gasteiger partial charge in [-0.05, 0) is 35.9 Å². The fourth-order valence-corrected chi connectivity index (χ4v) is 4.03. The second kappa shape index (κ2) is 8.62. The average Bonchev–Trinajstić information content (AvgIpc) is 2.68. The zero-order valence-electron chi connectivity index (χ0n) is 15.3. The molecular weight excluding hydrogens is 494 g/mol. The molecule has 10 nitrogen and oxygen atoms in total. The van der Waals surface area contributed by atoms with E-state index in [4.69, 9.17) is 5.73 Å². The summed E-state index contributed by atoms with van der Waals surface area (Å²) in [7, 11) is 0. The van der Waals surface area contributed by atoms with Crippen molar-refractivity contribution in [3.05, 3.63) is 78.5 Å². The van der Waals surface area contributed by atoms with Crippen LogP contribution in [0.5, 0.6) is 0 Å². The van der Waals surface area contributed by atoms with Gasteiger partial charge in [0.05, 0.1) is 9.82 Å². The zero-order valence-corrected chi connectivity index (χ0v) is 17.7. The Morgan fingerprint density at radius 2 is 1.68 bits per heavy atom. The zero-order chi connectivity index (χ0) is 22.9. The highest BCUT2D eigenvalue weighted by Crippen LogP contribution is 2.39. The lowest BCUT2D eigenvalue weighted by molar-refractivity contribution is -0.387. The summed E-state index contributed by atoms with van der Waals surface area (Å²) in [5, 5.41) is 30.7. The lowest BCUT2D eigenvalue weighted by atomic mass is 9.95. The number of anilines is 1. The van der Waals surface area contributed by atoms with Crippen molar-refractivity contribution in [1.29, 1.82) is 0 Å². The SMILES string of the molecule is Nc1[nH]c(=O)c(C(=O)O)c(-c2ccc(Sc3ccc(Br)cc3)c([N+](=O)[O-])c2)c1C(=O)O. The number of benzene rings is 2. The molecule has 0 fully saturated rings. The van der Waals surface area contributed by atoms with Crippen molar-refractivity contribution in [2.75, 3.05) is 5.73 Å². The number of aromatic nitrogens is 1. The Balaban J connectivity index is 2.25. The molecule has 3 aromatic rings. The minimum absolute atomic E-state index is 0.139. The van der Waals surface area contributed by atoms with Crippen molar-refractivity contribution in [1.82, 2.24) is 4.98 Å². The van der Waals surface area contributed by atoms with E-state index in [2.05, 4.69) is 15.9 Å². The lowest BCUT2D eigenvalue weighted by Gasteiger charge is -2.13. The van der Waals surface area contributed by atoms with Crippen molar-refractivity contribution >= 4 is 51.1 Å². The molecule has 158 valence electrons. The van der Waals surface area contributed by atoms with Gasteiger partial charge in [-0.2, -0.15) is 0 Å². The second-order valence-electron chi connectivity index (χ2n) is 6.10. The van der Waals surface area contributed by atoms with Crippen molar-refractivity contribution in [3.63, 3.8) is 0 Å². The van der Waals surface area contributed by atoms with E-state index in [1.54, 1.807) is 24.3 Å². The summed E-state index contributed by atoms with van der Waals surface area (Å²) < 4.78 is 0.830. The van der Waals surface area contributed by atoms with Gasteiger partial charge < -0.3 is 20.9 Å². The molecule has 5 N–H and O–H groups in total. The molecule has 0 unspecified atom stereocenters. The Bertz CT molecular complexity index is 1290. The van der Waals surface area contributed by atoms with Crippen LogP contribution >= 0.6 is 27.7 Å². The third kappa shape index (κ3) is 4.44. The van der Waals surface area contributed by atoms with Crippen LogP contribution in [0.15, 0.2) is 61.5 Å². The molecule has 0 radical (unpaired) electrons. The van der Waals surface area contributed by atoms with Gasteiger partial charge in [-0.15, -0.1) is 0 Å². The normalized spacial score (nSPS) is 10.6. The minimum Gasteiger partial charge on any atom is -0.478 e. The molecule has 3 rings (SSSR count). The number of nitrogens with two attached hydrogens (primary N) is 1. The van der Waals surface area contributed by atoms with Crippen LogP contribution in [0.2, 0.25) is 0 Å². The van der Waals surface area contributed by atoms with Crippen LogP contribution in [0.4, 0.5) is 11.5 Å². The maximum atomic E-state index is 12.2. The molecule has 0 bridgehead atoms. The first-order chi connectivity index (χ1) is 14.6. The summed E-state index contributed by atoms with van der Waals surface area (Å²) >= 11 is 4.40. The number of hydrogen-bond acceptors (Lipinski definition) is 7. The molecule has 1 aromatic heterocycles. The largest absolute Gasteiger partial charge is 0.478 e. The first kappa shape index (κ1) is 22.1. The first-order valence-corrected chi connectivity index (χ1v) is 9.95. The predicted molar refractivity (Wildman–Crippen MR) is 116 cm³/mol. The maximum Gasteiger partial charge on any atom is 0.342 e. The molecule has 0 saturated heterocycles. The molecule has 0 aliphatic carbocycles. The molecule has 0 atom stereocenters. The van der Waals surface area contributed by atoms with Gasteiger partial charge in [0.15, 0.2) is 0 Å². The highest BCUT2D eigenvalue weighted by molar-refractivity contribution is 9.10. The number of H-pyrrole nitrogens is 1. The number of halogens is 1. The third-order valence-electron chi connectivity index (χ3n) is 4.16. The molecule has 0 amide bonds. The molecule has 0 saturated carbocycles. The van der Waals surface area contributed by atoms with Gasteiger partial charge in [0.1, 0.15) is 16.9 Å². The standard InChI is InChI=1S/C19H12BrN3O7S/c20-9-2-4-10(5-3-9)31-12-6-1-8(7-11(12)23(29)30)13-14(18(25)26)16(21)22-17(24)15(13)19(27)28/h1-7H,(H,25,26)(H,27,28)(H3,21,22,24). The van der Waals surface area contributed by atoms with Crippen molar-refractivity contribution in [2.24, 2.45) is 0 Å². The number of nitrogens with zero attached hydrogens (tertiary/aromatic N) is 1. The number of carboxylic acids is 2. The topological polar surface area (TPSA) is 177 Å². The highest BCUT2D eigenvalue weighted by atomic mass is 79.9. The van der Waals surface area contributed by atoms with E-state index in [1.165, 1.54) is 12.1 Å². The van der Waals surface area contributed by atoms with Gasteiger partial charge >= 0.3 is 11.9 Å². The lowest BCUT2D eigenvalue weighted by Crippen LogP contribution is -2.24. The Hall–Kier alpha value is -3.64. The number of nitrogens with one attached hydrogen (secondary N) is 1. The van der Waals surface area contributed by atoms with Crippen molar-refractivity contribution in [2.45, 2.75) is 9.79 Å². The number of nitro benzene ring substituents is 1. The Kier molecular flexibility index (Phi) is 6.13. The van der Waals surface area contributed by atoms with Crippen LogP contribution < -0.4 is 11.3 Å². The van der Waals surface area contributed by atoms with Gasteiger partial charge in [-0.25, -0.2) is 9.59 Å². The van der Waals surface area contributed by atoms with Gasteiger partial charge in [-0.3, -0.25) is 14.9 Å². The maximum absolute atomic E-state index is 12.2. The first-order valence-electron chi connectivity index (χ1n) is 8.34. The summed E-state index contributed by atoms with van der Waals surface area (Å²) in [5.41, 5.74) is 1.89. The number of aromatic amines is 1. The summed E-state index contributed by atoms with van der Waals surface area (Å²) in [6.45, 7) is 0. The summed E-state index contributed by atoms with van der Waals surface area (Å²) in [4.78, 5) is 49.5. The fourth-order valence-electron chi connectivity index (χ4n) is 2.87. The average molecular weight is 506 g/mol. The molecule has 2 aromatic carbocycles. The highest BCUT2D eigenvalue weighted by Gasteiger charge is 2.28. The monoisotopic (exact) mass is 505 g/mol. The van der Waals surface area contributed by atoms with Crippen LogP contribution in [0.3, 0.4) is 0 Å². The Morgan fingerprint density at radius 3 is 2.23 bits per heavy atom. The molecular formula is C19H12BrN3O7S. The summed E-state index contributed by atoms with van der Waals surface area (Å²) in [6, 6.07) is 10.7. The van der Waals surface area contributed by atoms with Crippen LogP contribution in [0.25, 0.3) is 11.1 Å². The number of nitrogen functional groups attached to an aromatic ring is 1. The van der Waals surface area contributed by atoms with Crippen molar-refractivity contribution in [3.8, 4) is 11.1 Å². The van der Waals surface area contributed by atoms with Gasteiger partial charge in [-0.1, -0.05) is 33.8 Å². The Labute approximate surface area is 186 Å². The van der Waals surface area contributed by atoms with E-state index in [0.717, 1.165) is 22.3 Å². The quantitative estimate of drug-likeness (QED) is 0.286. The van der Waals surface area contributed by atoms with Gasteiger partial charge in [0.25, 0.3) is 11.2 Å². The molecule has 0 spiro atoms. The summed E-state index contributed by atoms with van der Waals surface area (Å²) in [6.07, 6.45) is 0. The van der Waals surface area contributed by atoms with Crippen LogP contribution in [0, 0.1) is 10.1 Å². The van der Waals surface area contributed by atoms with Gasteiger partial charge in [0.2, 0.25) is 0 Å². The summed E-state index contributed by atoms with van der Waals surface area (Å²) in [5.74, 6) is -3.86. The molecule has 0 aliphatic heterocycles. The van der Waals surface area contributed by atoms with E-state index < -0.39 is 50.6 Å². The third-order valence-corrected chi connectivity index (χ3v) is 5.76. The second-order valence-corrected chi connectivity index (χ2v) is 8.13. The van der Waals surface area contributed by atoms with E-state index in [9.17, 15) is 34.7 Å². The fraction of sp³-hybridized carbons (Fsp3) is 0.